The third-order valence-corrected chi connectivity index (χ3v) is 2.83. The fourth-order valence-electron chi connectivity index (χ4n) is 1.58. The summed E-state index contributed by atoms with van der Waals surface area (Å²) in [6.45, 7) is 6.28. The number of nitrogens with zero attached hydrogens (tertiary/aromatic N) is 3. The summed E-state index contributed by atoms with van der Waals surface area (Å²) in [5.41, 5.74) is 3.04. The minimum atomic E-state index is -1.09. The molecule has 0 bridgehead atoms. The summed E-state index contributed by atoms with van der Waals surface area (Å²) in [7, 11) is 0. The number of carboxylic acid groups (broad SMARTS) is 1. The maximum absolute atomic E-state index is 10.6. The molecule has 0 aliphatic rings. The van der Waals surface area contributed by atoms with Crippen LogP contribution in [0.25, 0.3) is 0 Å². The van der Waals surface area contributed by atoms with Crippen LogP contribution < -0.4 is 0 Å². The Kier molecular flexibility index (Phi) is 2.71. The van der Waals surface area contributed by atoms with Gasteiger partial charge in [-0.3, -0.25) is 4.68 Å². The highest BCUT2D eigenvalue weighted by Gasteiger charge is 2.13. The first-order valence-corrected chi connectivity index (χ1v) is 5.18. The van der Waals surface area contributed by atoms with E-state index in [0.29, 0.717) is 12.3 Å². The first-order valence-electron chi connectivity index (χ1n) is 5.18. The Balaban J connectivity index is 2.25. The molecule has 0 unspecified atom stereocenters. The molecule has 2 aromatic rings. The minimum absolute atomic E-state index is 0.0850. The van der Waals surface area contributed by atoms with E-state index in [1.54, 1.807) is 4.68 Å². The normalized spacial score (nSPS) is 10.8. The SMILES string of the molecule is Cc1nn(Cc2cc(C(=O)O)no2)c(C)c1C. The molecule has 0 saturated carbocycles. The Morgan fingerprint density at radius 3 is 2.65 bits per heavy atom. The van der Waals surface area contributed by atoms with Crippen LogP contribution >= 0.6 is 0 Å². The predicted octanol–water partition coefficient (Wildman–Crippen LogP) is 1.54. The van der Waals surface area contributed by atoms with E-state index in [2.05, 4.69) is 10.3 Å². The maximum Gasteiger partial charge on any atom is 0.358 e. The summed E-state index contributed by atoms with van der Waals surface area (Å²) in [5.74, 6) is -0.613. The maximum atomic E-state index is 10.6. The van der Waals surface area contributed by atoms with Gasteiger partial charge in [-0.25, -0.2) is 4.79 Å². The number of aromatic nitrogens is 3. The van der Waals surface area contributed by atoms with E-state index in [1.807, 2.05) is 20.8 Å². The van der Waals surface area contributed by atoms with E-state index in [1.165, 1.54) is 6.07 Å². The Labute approximate surface area is 97.8 Å². The van der Waals surface area contributed by atoms with Crippen LogP contribution in [0, 0.1) is 20.8 Å². The molecule has 1 N–H and O–H groups in total. The molecule has 2 aromatic heterocycles. The zero-order valence-corrected chi connectivity index (χ0v) is 9.89. The van der Waals surface area contributed by atoms with Crippen LogP contribution in [0.1, 0.15) is 33.2 Å². The van der Waals surface area contributed by atoms with Gasteiger partial charge in [-0.2, -0.15) is 5.10 Å². The average Bonchev–Trinajstić information content (AvgIpc) is 2.82. The van der Waals surface area contributed by atoms with E-state index >= 15 is 0 Å². The fraction of sp³-hybridized carbons (Fsp3) is 0.364. The lowest BCUT2D eigenvalue weighted by Crippen LogP contribution is -2.03. The molecule has 0 aliphatic heterocycles. The molecular weight excluding hydrogens is 222 g/mol. The Hall–Kier alpha value is -2.11. The molecular formula is C11H13N3O3. The third-order valence-electron chi connectivity index (χ3n) is 2.83. The molecule has 0 aromatic carbocycles. The second-order valence-electron chi connectivity index (χ2n) is 3.94. The minimum Gasteiger partial charge on any atom is -0.476 e. The quantitative estimate of drug-likeness (QED) is 0.872. The fourth-order valence-corrected chi connectivity index (χ4v) is 1.58. The highest BCUT2D eigenvalue weighted by atomic mass is 16.5. The average molecular weight is 235 g/mol. The van der Waals surface area contributed by atoms with E-state index in [0.717, 1.165) is 17.0 Å². The zero-order chi connectivity index (χ0) is 12.6. The van der Waals surface area contributed by atoms with Crippen LogP contribution in [0.3, 0.4) is 0 Å². The van der Waals surface area contributed by atoms with Gasteiger partial charge in [0.2, 0.25) is 0 Å². The Bertz CT molecular complexity index is 569. The van der Waals surface area contributed by atoms with Crippen LogP contribution in [0.4, 0.5) is 0 Å². The van der Waals surface area contributed by atoms with Gasteiger partial charge in [-0.15, -0.1) is 0 Å². The summed E-state index contributed by atoms with van der Waals surface area (Å²) in [6, 6.07) is 1.41. The van der Waals surface area contributed by atoms with Gasteiger partial charge >= 0.3 is 5.97 Å². The molecule has 0 radical (unpaired) electrons. The monoisotopic (exact) mass is 235 g/mol. The number of hydrogen-bond donors (Lipinski definition) is 1. The highest BCUT2D eigenvalue weighted by molar-refractivity contribution is 5.85. The van der Waals surface area contributed by atoms with Gasteiger partial charge in [0.1, 0.15) is 6.54 Å². The molecule has 0 atom stereocenters. The van der Waals surface area contributed by atoms with Crippen molar-refractivity contribution >= 4 is 5.97 Å². The van der Waals surface area contributed by atoms with Crippen molar-refractivity contribution in [3.63, 3.8) is 0 Å². The summed E-state index contributed by atoms with van der Waals surface area (Å²) in [4.78, 5) is 10.6. The lowest BCUT2D eigenvalue weighted by Gasteiger charge is -2.00. The van der Waals surface area contributed by atoms with E-state index in [-0.39, 0.29) is 5.69 Å². The van der Waals surface area contributed by atoms with E-state index in [9.17, 15) is 4.79 Å². The summed E-state index contributed by atoms with van der Waals surface area (Å²) in [5, 5.41) is 16.5. The van der Waals surface area contributed by atoms with Gasteiger partial charge in [-0.1, -0.05) is 5.16 Å². The number of rotatable bonds is 3. The van der Waals surface area contributed by atoms with Crippen molar-refractivity contribution in [3.05, 3.63) is 34.5 Å². The molecule has 0 saturated heterocycles. The molecule has 0 spiro atoms. The first kappa shape index (κ1) is 11.4. The van der Waals surface area contributed by atoms with Crippen molar-refractivity contribution in [2.45, 2.75) is 27.3 Å². The van der Waals surface area contributed by atoms with Crippen LogP contribution in [0.5, 0.6) is 0 Å². The van der Waals surface area contributed by atoms with Crippen LogP contribution in [0.2, 0.25) is 0 Å². The highest BCUT2D eigenvalue weighted by Crippen LogP contribution is 2.13. The lowest BCUT2D eigenvalue weighted by molar-refractivity contribution is 0.0685. The van der Waals surface area contributed by atoms with Gasteiger partial charge < -0.3 is 9.63 Å². The Morgan fingerprint density at radius 2 is 2.18 bits per heavy atom. The Morgan fingerprint density at radius 1 is 1.47 bits per heavy atom. The van der Waals surface area contributed by atoms with Gasteiger partial charge in [0.25, 0.3) is 0 Å². The van der Waals surface area contributed by atoms with Crippen LogP contribution in [-0.4, -0.2) is 26.0 Å². The molecule has 0 fully saturated rings. The summed E-state index contributed by atoms with van der Waals surface area (Å²) >= 11 is 0. The third kappa shape index (κ3) is 2.06. The summed E-state index contributed by atoms with van der Waals surface area (Å²) in [6.07, 6.45) is 0. The number of aromatic carboxylic acids is 1. The molecule has 6 heteroatoms. The number of hydrogen-bond acceptors (Lipinski definition) is 4. The second-order valence-corrected chi connectivity index (χ2v) is 3.94. The molecule has 2 heterocycles. The standard InChI is InChI=1S/C11H13N3O3/c1-6-7(2)12-14(8(6)3)5-9-4-10(11(15)16)13-17-9/h4H,5H2,1-3H3,(H,15,16). The van der Waals surface area contributed by atoms with E-state index < -0.39 is 5.97 Å². The van der Waals surface area contributed by atoms with Crippen LogP contribution in [-0.2, 0) is 6.54 Å². The molecule has 6 nitrogen and oxygen atoms in total. The molecule has 0 aliphatic carbocycles. The number of carbonyl (C=O) groups is 1. The van der Waals surface area contributed by atoms with E-state index in [4.69, 9.17) is 9.63 Å². The van der Waals surface area contributed by atoms with Gasteiger partial charge in [-0.05, 0) is 26.3 Å². The van der Waals surface area contributed by atoms with Gasteiger partial charge in [0.05, 0.1) is 5.69 Å². The van der Waals surface area contributed by atoms with Crippen molar-refractivity contribution in [1.82, 2.24) is 14.9 Å². The van der Waals surface area contributed by atoms with Crippen LogP contribution in [0.15, 0.2) is 10.6 Å². The largest absolute Gasteiger partial charge is 0.476 e. The zero-order valence-electron chi connectivity index (χ0n) is 9.89. The van der Waals surface area contributed by atoms with Gasteiger partial charge in [0.15, 0.2) is 11.5 Å². The summed E-state index contributed by atoms with van der Waals surface area (Å²) < 4.78 is 6.72. The predicted molar refractivity (Wildman–Crippen MR) is 59.0 cm³/mol. The van der Waals surface area contributed by atoms with Crippen molar-refractivity contribution < 1.29 is 14.4 Å². The number of carboxylic acids is 1. The van der Waals surface area contributed by atoms with Crippen molar-refractivity contribution in [3.8, 4) is 0 Å². The molecule has 2 rings (SSSR count). The first-order chi connectivity index (χ1) is 7.99. The molecule has 90 valence electrons. The van der Waals surface area contributed by atoms with Crippen molar-refractivity contribution in [1.29, 1.82) is 0 Å². The van der Waals surface area contributed by atoms with Crippen molar-refractivity contribution in [2.75, 3.05) is 0 Å². The molecule has 17 heavy (non-hydrogen) atoms. The number of aryl methyl sites for hydroxylation is 1. The van der Waals surface area contributed by atoms with Gasteiger partial charge in [0, 0.05) is 11.8 Å². The van der Waals surface area contributed by atoms with Crippen molar-refractivity contribution in [2.24, 2.45) is 0 Å². The molecule has 0 amide bonds. The second kappa shape index (κ2) is 4.04. The topological polar surface area (TPSA) is 81.2 Å². The smallest absolute Gasteiger partial charge is 0.358 e. The lowest BCUT2D eigenvalue weighted by atomic mass is 10.2.